The van der Waals surface area contributed by atoms with E-state index in [0.29, 0.717) is 5.56 Å². The molecule has 0 heterocycles. The minimum absolute atomic E-state index is 0.0447. The van der Waals surface area contributed by atoms with Crippen molar-refractivity contribution < 1.29 is 23.0 Å². The highest BCUT2D eigenvalue weighted by Crippen LogP contribution is 2.26. The largest absolute Gasteiger partial charge is 0.468 e. The van der Waals surface area contributed by atoms with Crippen LogP contribution < -0.4 is 4.74 Å². The molecule has 1 atom stereocenters. The van der Waals surface area contributed by atoms with Crippen molar-refractivity contribution >= 4 is 21.9 Å². The van der Waals surface area contributed by atoms with Crippen LogP contribution in [0.3, 0.4) is 0 Å². The van der Waals surface area contributed by atoms with Crippen molar-refractivity contribution in [2.24, 2.45) is 0 Å². The standard InChI is InChI=1S/C10H9BrF2O3/c1-15-9(14)8(11)6-2-4-7(5-3-6)16-10(12)13/h2-5,8,10H,1H3. The highest BCUT2D eigenvalue weighted by molar-refractivity contribution is 9.09. The minimum Gasteiger partial charge on any atom is -0.468 e. The van der Waals surface area contributed by atoms with Crippen LogP contribution in [-0.2, 0) is 9.53 Å². The van der Waals surface area contributed by atoms with E-state index in [1.165, 1.54) is 31.4 Å². The molecular weight excluding hydrogens is 286 g/mol. The first-order valence-electron chi connectivity index (χ1n) is 4.31. The lowest BCUT2D eigenvalue weighted by Crippen LogP contribution is -2.08. The third kappa shape index (κ3) is 3.44. The number of hydrogen-bond donors (Lipinski definition) is 0. The summed E-state index contributed by atoms with van der Waals surface area (Å²) in [6, 6.07) is 5.74. The van der Waals surface area contributed by atoms with Crippen LogP contribution in [0.4, 0.5) is 8.78 Å². The van der Waals surface area contributed by atoms with E-state index < -0.39 is 17.4 Å². The predicted molar refractivity (Wildman–Crippen MR) is 56.8 cm³/mol. The molecular formula is C10H9BrF2O3. The van der Waals surface area contributed by atoms with Gasteiger partial charge < -0.3 is 9.47 Å². The van der Waals surface area contributed by atoms with Crippen LogP contribution in [0.5, 0.6) is 5.75 Å². The Kier molecular flexibility index (Phi) is 4.67. The van der Waals surface area contributed by atoms with Gasteiger partial charge in [-0.3, -0.25) is 4.79 Å². The number of alkyl halides is 3. The Balaban J connectivity index is 2.74. The predicted octanol–water partition coefficient (Wildman–Crippen LogP) is 2.90. The molecule has 3 nitrogen and oxygen atoms in total. The number of benzene rings is 1. The fourth-order valence-electron chi connectivity index (χ4n) is 1.06. The van der Waals surface area contributed by atoms with E-state index in [2.05, 4.69) is 25.4 Å². The smallest absolute Gasteiger partial charge is 0.387 e. The molecule has 6 heteroatoms. The summed E-state index contributed by atoms with van der Waals surface area (Å²) in [4.78, 5) is 10.5. The number of hydrogen-bond acceptors (Lipinski definition) is 3. The highest BCUT2D eigenvalue weighted by atomic mass is 79.9. The molecule has 0 amide bonds. The van der Waals surface area contributed by atoms with Crippen molar-refractivity contribution in [2.45, 2.75) is 11.4 Å². The second-order valence-electron chi connectivity index (χ2n) is 2.83. The molecule has 88 valence electrons. The summed E-state index contributed by atoms with van der Waals surface area (Å²) in [6.07, 6.45) is 0. The summed E-state index contributed by atoms with van der Waals surface area (Å²) >= 11 is 3.12. The SMILES string of the molecule is COC(=O)C(Br)c1ccc(OC(F)F)cc1. The molecule has 1 rings (SSSR count). The zero-order chi connectivity index (χ0) is 12.1. The lowest BCUT2D eigenvalue weighted by atomic mass is 10.1. The average molecular weight is 295 g/mol. The van der Waals surface area contributed by atoms with Crippen LogP contribution in [0.15, 0.2) is 24.3 Å². The zero-order valence-electron chi connectivity index (χ0n) is 8.32. The van der Waals surface area contributed by atoms with Crippen LogP contribution in [0.2, 0.25) is 0 Å². The molecule has 16 heavy (non-hydrogen) atoms. The van der Waals surface area contributed by atoms with Gasteiger partial charge in [-0.05, 0) is 17.7 Å². The summed E-state index contributed by atoms with van der Waals surface area (Å²) in [6.45, 7) is -2.86. The number of rotatable bonds is 4. The summed E-state index contributed by atoms with van der Waals surface area (Å²) < 4.78 is 32.4. The Morgan fingerprint density at radius 1 is 1.31 bits per heavy atom. The second-order valence-corrected chi connectivity index (χ2v) is 3.75. The first-order chi connectivity index (χ1) is 7.54. The number of ether oxygens (including phenoxy) is 2. The summed E-state index contributed by atoms with van der Waals surface area (Å²) in [5.74, 6) is -0.411. The maximum atomic E-state index is 11.9. The molecule has 0 radical (unpaired) electrons. The third-order valence-corrected chi connectivity index (χ3v) is 2.71. The topological polar surface area (TPSA) is 35.5 Å². The van der Waals surface area contributed by atoms with E-state index in [-0.39, 0.29) is 5.75 Å². The first-order valence-corrected chi connectivity index (χ1v) is 5.23. The molecule has 0 saturated heterocycles. The number of halogens is 3. The Morgan fingerprint density at radius 3 is 2.31 bits per heavy atom. The van der Waals surface area contributed by atoms with Crippen LogP contribution >= 0.6 is 15.9 Å². The number of esters is 1. The van der Waals surface area contributed by atoms with Crippen molar-refractivity contribution in [3.05, 3.63) is 29.8 Å². The Morgan fingerprint density at radius 2 is 1.88 bits per heavy atom. The van der Waals surface area contributed by atoms with Crippen LogP contribution in [0, 0.1) is 0 Å². The molecule has 0 aliphatic rings. The van der Waals surface area contributed by atoms with Gasteiger partial charge in [-0.1, -0.05) is 28.1 Å². The van der Waals surface area contributed by atoms with Crippen LogP contribution in [-0.4, -0.2) is 19.7 Å². The molecule has 0 saturated carbocycles. The van der Waals surface area contributed by atoms with E-state index in [4.69, 9.17) is 0 Å². The molecule has 0 aromatic heterocycles. The van der Waals surface area contributed by atoms with Crippen LogP contribution in [0.1, 0.15) is 10.4 Å². The zero-order valence-corrected chi connectivity index (χ0v) is 9.91. The van der Waals surface area contributed by atoms with E-state index in [9.17, 15) is 13.6 Å². The minimum atomic E-state index is -2.86. The molecule has 1 aromatic carbocycles. The Bertz CT molecular complexity index is 354. The summed E-state index contributed by atoms with van der Waals surface area (Å²) in [5.41, 5.74) is 0.605. The maximum absolute atomic E-state index is 11.9. The summed E-state index contributed by atoms with van der Waals surface area (Å²) in [7, 11) is 1.27. The molecule has 0 aliphatic carbocycles. The van der Waals surface area contributed by atoms with Gasteiger partial charge >= 0.3 is 12.6 Å². The van der Waals surface area contributed by atoms with Gasteiger partial charge in [-0.25, -0.2) is 0 Å². The van der Waals surface area contributed by atoms with Crippen LogP contribution in [0.25, 0.3) is 0 Å². The van der Waals surface area contributed by atoms with Crippen molar-refractivity contribution in [1.82, 2.24) is 0 Å². The van der Waals surface area contributed by atoms with Gasteiger partial charge in [0.1, 0.15) is 10.6 Å². The molecule has 1 aromatic rings. The molecule has 0 N–H and O–H groups in total. The van der Waals surface area contributed by atoms with Crippen molar-refractivity contribution in [1.29, 1.82) is 0 Å². The molecule has 0 bridgehead atoms. The van der Waals surface area contributed by atoms with E-state index in [1.54, 1.807) is 0 Å². The van der Waals surface area contributed by atoms with Gasteiger partial charge in [0.25, 0.3) is 0 Å². The van der Waals surface area contributed by atoms with E-state index in [0.717, 1.165) is 0 Å². The quantitative estimate of drug-likeness (QED) is 0.633. The Labute approximate surface area is 99.5 Å². The maximum Gasteiger partial charge on any atom is 0.387 e. The monoisotopic (exact) mass is 294 g/mol. The Hall–Kier alpha value is -1.17. The number of carbonyl (C=O) groups excluding carboxylic acids is 1. The number of methoxy groups -OCH3 is 1. The lowest BCUT2D eigenvalue weighted by Gasteiger charge is -2.09. The molecule has 0 spiro atoms. The van der Waals surface area contributed by atoms with Gasteiger partial charge in [0, 0.05) is 0 Å². The average Bonchev–Trinajstić information content (AvgIpc) is 2.27. The number of carbonyl (C=O) groups is 1. The van der Waals surface area contributed by atoms with Gasteiger partial charge in [0.05, 0.1) is 7.11 Å². The third-order valence-electron chi connectivity index (χ3n) is 1.81. The van der Waals surface area contributed by atoms with Gasteiger partial charge in [0.15, 0.2) is 0 Å². The summed E-state index contributed by atoms with van der Waals surface area (Å²) in [5, 5.41) is 0. The van der Waals surface area contributed by atoms with Gasteiger partial charge in [0.2, 0.25) is 0 Å². The fourth-order valence-corrected chi connectivity index (χ4v) is 1.55. The molecule has 0 fully saturated rings. The fraction of sp³-hybridized carbons (Fsp3) is 0.300. The van der Waals surface area contributed by atoms with Crippen molar-refractivity contribution in [3.8, 4) is 5.75 Å². The van der Waals surface area contributed by atoms with Crippen molar-refractivity contribution in [2.75, 3.05) is 7.11 Å². The van der Waals surface area contributed by atoms with Crippen molar-refractivity contribution in [3.63, 3.8) is 0 Å². The molecule has 0 aliphatic heterocycles. The molecule has 1 unspecified atom stereocenters. The normalized spacial score (nSPS) is 12.3. The van der Waals surface area contributed by atoms with Gasteiger partial charge in [-0.15, -0.1) is 0 Å². The first kappa shape index (κ1) is 12.9. The van der Waals surface area contributed by atoms with E-state index >= 15 is 0 Å². The lowest BCUT2D eigenvalue weighted by molar-refractivity contribution is -0.139. The van der Waals surface area contributed by atoms with E-state index in [1.807, 2.05) is 0 Å². The highest BCUT2D eigenvalue weighted by Gasteiger charge is 2.17. The van der Waals surface area contributed by atoms with Gasteiger partial charge in [-0.2, -0.15) is 8.78 Å². The second kappa shape index (κ2) is 5.79.